The van der Waals surface area contributed by atoms with Crippen LogP contribution in [0.2, 0.25) is 0 Å². The van der Waals surface area contributed by atoms with E-state index in [-0.39, 0.29) is 23.6 Å². The van der Waals surface area contributed by atoms with E-state index in [1.54, 1.807) is 6.26 Å². The first kappa shape index (κ1) is 25.2. The monoisotopic (exact) mass is 506 g/mol. The van der Waals surface area contributed by atoms with Gasteiger partial charge in [-0.3, -0.25) is 9.69 Å². The second-order valence-electron chi connectivity index (χ2n) is 9.83. The van der Waals surface area contributed by atoms with Crippen molar-refractivity contribution < 1.29 is 13.9 Å². The quantitative estimate of drug-likeness (QED) is 0.324. The molecule has 0 aliphatic carbocycles. The topological polar surface area (TPSA) is 111 Å². The zero-order chi connectivity index (χ0) is 25.8. The number of aromatic amines is 1. The molecule has 1 fully saturated rings. The van der Waals surface area contributed by atoms with Crippen LogP contribution < -0.4 is 10.3 Å². The van der Waals surface area contributed by atoms with Crippen molar-refractivity contribution in [1.82, 2.24) is 30.1 Å². The number of aromatic nitrogens is 5. The number of nitrogens with zero attached hydrogens (tertiary/aromatic N) is 5. The minimum absolute atomic E-state index is 0.108. The second-order valence-corrected chi connectivity index (χ2v) is 9.83. The van der Waals surface area contributed by atoms with E-state index >= 15 is 0 Å². The van der Waals surface area contributed by atoms with Gasteiger partial charge in [0.05, 0.1) is 38.1 Å². The highest BCUT2D eigenvalue weighted by molar-refractivity contribution is 5.80. The van der Waals surface area contributed by atoms with Gasteiger partial charge < -0.3 is 18.9 Å². The molecule has 4 heterocycles. The Balaban J connectivity index is 1.51. The Labute approximate surface area is 215 Å². The fourth-order valence-electron chi connectivity index (χ4n) is 5.10. The van der Waals surface area contributed by atoms with Gasteiger partial charge in [-0.15, -0.1) is 5.10 Å². The molecule has 1 aromatic carbocycles. The zero-order valence-corrected chi connectivity index (χ0v) is 21.6. The van der Waals surface area contributed by atoms with Crippen molar-refractivity contribution >= 4 is 10.9 Å². The lowest BCUT2D eigenvalue weighted by atomic mass is 10.00. The lowest BCUT2D eigenvalue weighted by Crippen LogP contribution is -2.35. The molecule has 0 amide bonds. The SMILES string of the molecule is CCOc1ccc2[nH]c(=O)c(CN(Cc3ccco3)[C@H](c3nnnn3C[C@@H]3CCCO3)C(C)C)cc2c1. The van der Waals surface area contributed by atoms with E-state index in [0.717, 1.165) is 47.7 Å². The number of tetrazole rings is 1. The normalized spacial score (nSPS) is 16.7. The van der Waals surface area contributed by atoms with Crippen molar-refractivity contribution in [3.8, 4) is 5.75 Å². The van der Waals surface area contributed by atoms with E-state index in [1.165, 1.54) is 0 Å². The van der Waals surface area contributed by atoms with E-state index in [1.807, 2.05) is 48.0 Å². The molecule has 0 saturated carbocycles. The standard InChI is InChI=1S/C27H34N6O4/c1-4-35-21-9-10-24-19(14-21)13-20(27(34)28-24)15-32(16-22-7-5-11-36-22)25(18(2)3)26-29-30-31-33(26)17-23-8-6-12-37-23/h5,7,9-11,13-14,18,23,25H,4,6,8,12,15-17H2,1-3H3,(H,28,34)/t23-,25-/m0/s1. The number of H-pyrrole nitrogens is 1. The fourth-order valence-corrected chi connectivity index (χ4v) is 5.10. The maximum Gasteiger partial charge on any atom is 0.252 e. The molecule has 4 aromatic rings. The van der Waals surface area contributed by atoms with Gasteiger partial charge in [0, 0.05) is 29.6 Å². The molecule has 0 radical (unpaired) electrons. The Hall–Kier alpha value is -3.50. The summed E-state index contributed by atoms with van der Waals surface area (Å²) >= 11 is 0. The Morgan fingerprint density at radius 3 is 2.86 bits per heavy atom. The molecule has 5 rings (SSSR count). The van der Waals surface area contributed by atoms with Crippen LogP contribution in [-0.2, 0) is 24.4 Å². The number of hydrogen-bond acceptors (Lipinski definition) is 8. The van der Waals surface area contributed by atoms with Crippen LogP contribution in [0.15, 0.2) is 51.9 Å². The van der Waals surface area contributed by atoms with Crippen molar-refractivity contribution in [2.24, 2.45) is 5.92 Å². The van der Waals surface area contributed by atoms with Crippen LogP contribution in [0.5, 0.6) is 5.75 Å². The summed E-state index contributed by atoms with van der Waals surface area (Å²) < 4.78 is 19.1. The summed E-state index contributed by atoms with van der Waals surface area (Å²) in [5, 5.41) is 13.7. The van der Waals surface area contributed by atoms with Gasteiger partial charge in [-0.2, -0.15) is 0 Å². The Bertz CT molecular complexity index is 1360. The van der Waals surface area contributed by atoms with Crippen LogP contribution in [0.3, 0.4) is 0 Å². The first-order chi connectivity index (χ1) is 18.0. The Morgan fingerprint density at radius 1 is 1.24 bits per heavy atom. The van der Waals surface area contributed by atoms with Crippen LogP contribution in [-0.4, -0.2) is 49.4 Å². The lowest BCUT2D eigenvalue weighted by molar-refractivity contribution is 0.0836. The van der Waals surface area contributed by atoms with E-state index in [9.17, 15) is 4.79 Å². The van der Waals surface area contributed by atoms with Crippen molar-refractivity contribution in [3.05, 3.63) is 70.2 Å². The van der Waals surface area contributed by atoms with Crippen LogP contribution >= 0.6 is 0 Å². The average molecular weight is 507 g/mol. The summed E-state index contributed by atoms with van der Waals surface area (Å²) in [4.78, 5) is 18.4. The number of nitrogens with one attached hydrogen (secondary N) is 1. The summed E-state index contributed by atoms with van der Waals surface area (Å²) in [6.45, 7) is 9.09. The van der Waals surface area contributed by atoms with Gasteiger partial charge in [0.25, 0.3) is 5.56 Å². The average Bonchev–Trinajstić information content (AvgIpc) is 3.65. The molecule has 10 nitrogen and oxygen atoms in total. The van der Waals surface area contributed by atoms with E-state index < -0.39 is 0 Å². The third kappa shape index (κ3) is 5.75. The lowest BCUT2D eigenvalue weighted by Gasteiger charge is -2.33. The summed E-state index contributed by atoms with van der Waals surface area (Å²) in [5.41, 5.74) is 1.30. The molecular weight excluding hydrogens is 472 g/mol. The van der Waals surface area contributed by atoms with Crippen molar-refractivity contribution in [2.45, 2.75) is 65.4 Å². The highest BCUT2D eigenvalue weighted by Crippen LogP contribution is 2.31. The van der Waals surface area contributed by atoms with E-state index in [4.69, 9.17) is 13.9 Å². The van der Waals surface area contributed by atoms with Crippen molar-refractivity contribution in [2.75, 3.05) is 13.2 Å². The largest absolute Gasteiger partial charge is 0.494 e. The minimum atomic E-state index is -0.161. The van der Waals surface area contributed by atoms with Gasteiger partial charge in [0.15, 0.2) is 5.82 Å². The van der Waals surface area contributed by atoms with Gasteiger partial charge in [0.1, 0.15) is 11.5 Å². The first-order valence-corrected chi connectivity index (χ1v) is 12.9. The molecule has 196 valence electrons. The first-order valence-electron chi connectivity index (χ1n) is 12.9. The predicted molar refractivity (Wildman–Crippen MR) is 138 cm³/mol. The molecule has 0 unspecified atom stereocenters. The van der Waals surface area contributed by atoms with Crippen LogP contribution in [0, 0.1) is 5.92 Å². The second kappa shape index (κ2) is 11.3. The molecule has 37 heavy (non-hydrogen) atoms. The molecule has 2 atom stereocenters. The maximum atomic E-state index is 13.2. The molecule has 1 aliphatic heterocycles. The Morgan fingerprint density at radius 2 is 2.14 bits per heavy atom. The van der Waals surface area contributed by atoms with Crippen molar-refractivity contribution in [1.29, 1.82) is 0 Å². The summed E-state index contributed by atoms with van der Waals surface area (Å²) in [6.07, 6.45) is 3.82. The van der Waals surface area contributed by atoms with Crippen LogP contribution in [0.1, 0.15) is 56.8 Å². The number of fused-ring (bicyclic) bond motifs is 1. The maximum absolute atomic E-state index is 13.2. The van der Waals surface area contributed by atoms with Gasteiger partial charge in [0.2, 0.25) is 0 Å². The number of benzene rings is 1. The molecule has 10 heteroatoms. The third-order valence-electron chi connectivity index (χ3n) is 6.77. The highest BCUT2D eigenvalue weighted by atomic mass is 16.5. The van der Waals surface area contributed by atoms with Crippen LogP contribution in [0.25, 0.3) is 10.9 Å². The van der Waals surface area contributed by atoms with Gasteiger partial charge in [-0.05, 0) is 72.5 Å². The smallest absolute Gasteiger partial charge is 0.252 e. The molecular formula is C27H34N6O4. The van der Waals surface area contributed by atoms with Crippen LogP contribution in [0.4, 0.5) is 0 Å². The number of ether oxygens (including phenoxy) is 2. The van der Waals surface area contributed by atoms with E-state index in [2.05, 4.69) is 39.3 Å². The summed E-state index contributed by atoms with van der Waals surface area (Å²) in [5.74, 6) is 2.50. The third-order valence-corrected chi connectivity index (χ3v) is 6.77. The predicted octanol–water partition coefficient (Wildman–Crippen LogP) is 4.08. The van der Waals surface area contributed by atoms with Gasteiger partial charge in [-0.1, -0.05) is 13.8 Å². The molecule has 1 aliphatic rings. The molecule has 3 aromatic heterocycles. The highest BCUT2D eigenvalue weighted by Gasteiger charge is 2.31. The van der Waals surface area contributed by atoms with Gasteiger partial charge in [-0.25, -0.2) is 4.68 Å². The molecule has 1 saturated heterocycles. The van der Waals surface area contributed by atoms with E-state index in [0.29, 0.717) is 31.8 Å². The molecule has 1 N–H and O–H groups in total. The molecule has 0 spiro atoms. The fraction of sp³-hybridized carbons (Fsp3) is 0.481. The summed E-state index contributed by atoms with van der Waals surface area (Å²) in [6, 6.07) is 11.3. The molecule has 0 bridgehead atoms. The number of rotatable bonds is 11. The number of hydrogen-bond donors (Lipinski definition) is 1. The van der Waals surface area contributed by atoms with Gasteiger partial charge >= 0.3 is 0 Å². The van der Waals surface area contributed by atoms with Crippen molar-refractivity contribution in [3.63, 3.8) is 0 Å². The minimum Gasteiger partial charge on any atom is -0.494 e. The zero-order valence-electron chi connectivity index (χ0n) is 21.6. The number of furan rings is 1. The Kier molecular flexibility index (Phi) is 7.66. The number of pyridine rings is 1. The summed E-state index contributed by atoms with van der Waals surface area (Å²) in [7, 11) is 0.